The van der Waals surface area contributed by atoms with Crippen molar-refractivity contribution in [2.75, 3.05) is 5.32 Å². The molecule has 8 nitrogen and oxygen atoms in total. The molecule has 2 aromatic rings. The Kier molecular flexibility index (Phi) is 3.98. The van der Waals surface area contributed by atoms with Crippen molar-refractivity contribution in [1.82, 2.24) is 9.97 Å². The van der Waals surface area contributed by atoms with Gasteiger partial charge in [-0.3, -0.25) is 9.59 Å². The van der Waals surface area contributed by atoms with Crippen LogP contribution in [-0.2, 0) is 4.79 Å². The van der Waals surface area contributed by atoms with Gasteiger partial charge >= 0.3 is 5.97 Å². The molecule has 8 heteroatoms. The summed E-state index contributed by atoms with van der Waals surface area (Å²) in [5.41, 5.74) is 5.80. The molecule has 21 heavy (non-hydrogen) atoms. The van der Waals surface area contributed by atoms with Gasteiger partial charge < -0.3 is 20.8 Å². The summed E-state index contributed by atoms with van der Waals surface area (Å²) in [7, 11) is 0. The van der Waals surface area contributed by atoms with Crippen LogP contribution in [0.3, 0.4) is 0 Å². The Bertz CT molecular complexity index is 690. The van der Waals surface area contributed by atoms with Gasteiger partial charge in [0.2, 0.25) is 5.91 Å². The van der Waals surface area contributed by atoms with Crippen LogP contribution in [-0.4, -0.2) is 27.8 Å². The van der Waals surface area contributed by atoms with E-state index in [0.29, 0.717) is 5.69 Å². The minimum atomic E-state index is -0.781. The van der Waals surface area contributed by atoms with Crippen molar-refractivity contribution in [3.8, 4) is 5.88 Å². The van der Waals surface area contributed by atoms with Crippen molar-refractivity contribution in [3.63, 3.8) is 0 Å². The number of primary amides is 1. The smallest absolute Gasteiger partial charge is 0.344 e. The molecule has 1 aromatic heterocycles. The zero-order chi connectivity index (χ0) is 15.4. The molecule has 0 atom stereocenters. The maximum atomic E-state index is 11.9. The molecule has 0 aliphatic rings. The number of nitrogens with two attached hydrogens (primary N) is 1. The lowest BCUT2D eigenvalue weighted by molar-refractivity contribution is -0.114. The number of amides is 2. The lowest BCUT2D eigenvalue weighted by Gasteiger charge is -2.04. The fourth-order valence-corrected chi connectivity index (χ4v) is 1.58. The highest BCUT2D eigenvalue weighted by atomic mass is 16.5. The molecule has 2 rings (SSSR count). The average Bonchev–Trinajstić information content (AvgIpc) is 2.87. The van der Waals surface area contributed by atoms with E-state index >= 15 is 0 Å². The fourth-order valence-electron chi connectivity index (χ4n) is 1.58. The van der Waals surface area contributed by atoms with Gasteiger partial charge in [0.15, 0.2) is 5.69 Å². The van der Waals surface area contributed by atoms with E-state index in [9.17, 15) is 14.4 Å². The highest BCUT2D eigenvalue weighted by Crippen LogP contribution is 2.15. The third-order valence-electron chi connectivity index (χ3n) is 2.48. The van der Waals surface area contributed by atoms with Crippen molar-refractivity contribution in [2.45, 2.75) is 6.92 Å². The molecule has 1 heterocycles. The maximum absolute atomic E-state index is 11.9. The molecular weight excluding hydrogens is 276 g/mol. The summed E-state index contributed by atoms with van der Waals surface area (Å²) >= 11 is 0. The Morgan fingerprint density at radius 3 is 2.48 bits per heavy atom. The predicted octanol–water partition coefficient (Wildman–Crippen LogP) is 0.686. The Hall–Kier alpha value is -3.16. The highest BCUT2D eigenvalue weighted by Gasteiger charge is 2.17. The van der Waals surface area contributed by atoms with Crippen molar-refractivity contribution in [2.24, 2.45) is 5.73 Å². The second-order valence-electron chi connectivity index (χ2n) is 4.09. The number of aromatic nitrogens is 2. The number of ether oxygens (including phenoxy) is 1. The molecule has 0 bridgehead atoms. The molecular formula is C13H12N4O4. The molecule has 0 spiro atoms. The second-order valence-corrected chi connectivity index (χ2v) is 4.09. The first-order valence-corrected chi connectivity index (χ1v) is 5.90. The number of nitrogens with zero attached hydrogens (tertiary/aromatic N) is 1. The monoisotopic (exact) mass is 288 g/mol. The van der Waals surface area contributed by atoms with Gasteiger partial charge in [0.1, 0.15) is 0 Å². The molecule has 0 fully saturated rings. The first-order chi connectivity index (χ1) is 9.97. The Labute approximate surface area is 119 Å². The number of rotatable bonds is 4. The van der Waals surface area contributed by atoms with Crippen LogP contribution in [0.15, 0.2) is 30.6 Å². The highest BCUT2D eigenvalue weighted by molar-refractivity contribution is 5.96. The Morgan fingerprint density at radius 1 is 1.24 bits per heavy atom. The molecule has 108 valence electrons. The fraction of sp³-hybridized carbons (Fsp3) is 0.0769. The van der Waals surface area contributed by atoms with E-state index in [4.69, 9.17) is 10.5 Å². The van der Waals surface area contributed by atoms with Crippen molar-refractivity contribution < 1.29 is 19.1 Å². The van der Waals surface area contributed by atoms with Gasteiger partial charge in [0.05, 0.1) is 11.9 Å². The number of anilines is 1. The van der Waals surface area contributed by atoms with Crippen LogP contribution in [0, 0.1) is 0 Å². The first kappa shape index (κ1) is 14.3. The van der Waals surface area contributed by atoms with E-state index < -0.39 is 11.9 Å². The lowest BCUT2D eigenvalue weighted by atomic mass is 10.2. The summed E-state index contributed by atoms with van der Waals surface area (Å²) in [6.45, 7) is 1.38. The Balaban J connectivity index is 2.11. The summed E-state index contributed by atoms with van der Waals surface area (Å²) in [5.74, 6) is -1.87. The number of hydrogen-bond donors (Lipinski definition) is 3. The molecule has 1 aromatic carbocycles. The summed E-state index contributed by atoms with van der Waals surface area (Å²) < 4.78 is 4.98. The lowest BCUT2D eigenvalue weighted by Crippen LogP contribution is -2.16. The number of H-pyrrole nitrogens is 1. The van der Waals surface area contributed by atoms with Crippen LogP contribution in [0.1, 0.15) is 27.8 Å². The van der Waals surface area contributed by atoms with E-state index in [0.717, 1.165) is 0 Å². The van der Waals surface area contributed by atoms with Crippen molar-refractivity contribution in [3.05, 3.63) is 41.9 Å². The van der Waals surface area contributed by atoms with Gasteiger partial charge in [0, 0.05) is 12.6 Å². The van der Waals surface area contributed by atoms with Crippen LogP contribution in [0.2, 0.25) is 0 Å². The van der Waals surface area contributed by atoms with Crippen LogP contribution in [0.25, 0.3) is 0 Å². The quantitative estimate of drug-likeness (QED) is 0.713. The number of imidazole rings is 1. The number of hydrogen-bond acceptors (Lipinski definition) is 5. The van der Waals surface area contributed by atoms with Crippen LogP contribution in [0.4, 0.5) is 5.69 Å². The molecule has 0 unspecified atom stereocenters. The molecule has 0 saturated carbocycles. The van der Waals surface area contributed by atoms with Gasteiger partial charge in [-0.25, -0.2) is 9.78 Å². The number of carbonyl (C=O) groups excluding carboxylic acids is 3. The van der Waals surface area contributed by atoms with E-state index in [1.165, 1.54) is 25.4 Å². The topological polar surface area (TPSA) is 127 Å². The summed E-state index contributed by atoms with van der Waals surface area (Å²) in [6.07, 6.45) is 1.20. The third-order valence-corrected chi connectivity index (χ3v) is 2.48. The summed E-state index contributed by atoms with van der Waals surface area (Å²) in [5, 5.41) is 2.57. The van der Waals surface area contributed by atoms with Gasteiger partial charge in [-0.15, -0.1) is 0 Å². The largest absolute Gasteiger partial charge is 0.401 e. The van der Waals surface area contributed by atoms with Crippen LogP contribution in [0.5, 0.6) is 5.88 Å². The molecule has 0 aliphatic heterocycles. The summed E-state index contributed by atoms with van der Waals surface area (Å²) in [6, 6.07) is 6.06. The normalized spacial score (nSPS) is 9.95. The standard InChI is InChI=1S/C13H12N4O4/c1-7(18)17-9-4-2-8(3-5-9)13(20)21-12-10(11(14)19)15-6-16-12/h2-6H,1H3,(H2,14,19)(H,15,16)(H,17,18). The van der Waals surface area contributed by atoms with Gasteiger partial charge in [0.25, 0.3) is 11.8 Å². The van der Waals surface area contributed by atoms with Gasteiger partial charge in [-0.05, 0) is 24.3 Å². The zero-order valence-corrected chi connectivity index (χ0v) is 11.0. The maximum Gasteiger partial charge on any atom is 0.344 e. The molecule has 0 aliphatic carbocycles. The van der Waals surface area contributed by atoms with Crippen molar-refractivity contribution >= 4 is 23.5 Å². The van der Waals surface area contributed by atoms with E-state index in [1.54, 1.807) is 12.1 Å². The molecule has 0 saturated heterocycles. The Morgan fingerprint density at radius 2 is 1.90 bits per heavy atom. The second kappa shape index (κ2) is 5.87. The van der Waals surface area contributed by atoms with Crippen molar-refractivity contribution in [1.29, 1.82) is 0 Å². The SMILES string of the molecule is CC(=O)Nc1ccc(C(=O)Oc2nc[nH]c2C(N)=O)cc1. The van der Waals surface area contributed by atoms with E-state index in [2.05, 4.69) is 15.3 Å². The van der Waals surface area contributed by atoms with E-state index in [-0.39, 0.29) is 23.0 Å². The minimum Gasteiger partial charge on any atom is -0.401 e. The zero-order valence-electron chi connectivity index (χ0n) is 11.0. The van der Waals surface area contributed by atoms with Crippen LogP contribution < -0.4 is 15.8 Å². The van der Waals surface area contributed by atoms with E-state index in [1.807, 2.05) is 0 Å². The first-order valence-electron chi connectivity index (χ1n) is 5.90. The van der Waals surface area contributed by atoms with Gasteiger partial charge in [-0.2, -0.15) is 0 Å². The average molecular weight is 288 g/mol. The molecule has 2 amide bonds. The number of carbonyl (C=O) groups is 3. The van der Waals surface area contributed by atoms with Crippen LogP contribution >= 0.6 is 0 Å². The number of esters is 1. The number of nitrogens with one attached hydrogen (secondary N) is 2. The predicted molar refractivity (Wildman–Crippen MR) is 72.8 cm³/mol. The minimum absolute atomic E-state index is 0.0850. The number of benzene rings is 1. The number of aromatic amines is 1. The van der Waals surface area contributed by atoms with Gasteiger partial charge in [-0.1, -0.05) is 0 Å². The third kappa shape index (κ3) is 3.44. The summed E-state index contributed by atoms with van der Waals surface area (Å²) in [4.78, 5) is 40.0. The molecule has 4 N–H and O–H groups in total. The molecule has 0 radical (unpaired) electrons.